The molecule has 2 N–H and O–H groups in total. The van der Waals surface area contributed by atoms with Crippen LogP contribution in [-0.2, 0) is 15.9 Å². The normalized spacial score (nSPS) is 16.5. The van der Waals surface area contributed by atoms with Gasteiger partial charge in [0.15, 0.2) is 0 Å². The molecule has 1 aliphatic rings. The molecule has 1 saturated heterocycles. The Morgan fingerprint density at radius 2 is 2.11 bits per heavy atom. The van der Waals surface area contributed by atoms with Crippen LogP contribution in [0.4, 0.5) is 0 Å². The summed E-state index contributed by atoms with van der Waals surface area (Å²) in [7, 11) is 3.43. The number of benzene rings is 1. The van der Waals surface area contributed by atoms with Crippen LogP contribution in [0.2, 0.25) is 0 Å². The molecule has 1 aromatic rings. The van der Waals surface area contributed by atoms with Gasteiger partial charge in [0.25, 0.3) is 0 Å². The van der Waals surface area contributed by atoms with Gasteiger partial charge in [0.1, 0.15) is 12.4 Å². The van der Waals surface area contributed by atoms with Crippen molar-refractivity contribution in [1.29, 1.82) is 0 Å². The molecular weight excluding hydrogens is 243 g/mol. The maximum Gasteiger partial charge on any atom is 0.342 e. The molecule has 1 atom stereocenters. The maximum absolute atomic E-state index is 5.77. The van der Waals surface area contributed by atoms with Crippen LogP contribution in [0.15, 0.2) is 24.3 Å². The van der Waals surface area contributed by atoms with Gasteiger partial charge in [-0.25, -0.2) is 5.06 Å². The molecule has 1 radical (unpaired) electrons. The SMILES string of the molecule is COCCOc1ccc(CC(CN)N2C[B]O2)cc1. The fourth-order valence-corrected chi connectivity index (χ4v) is 1.94. The minimum absolute atomic E-state index is 0.227. The fraction of sp³-hybridized carbons (Fsp3) is 0.538. The van der Waals surface area contributed by atoms with Gasteiger partial charge in [-0.3, -0.25) is 0 Å². The molecule has 5 nitrogen and oxygen atoms in total. The fourth-order valence-electron chi connectivity index (χ4n) is 1.94. The van der Waals surface area contributed by atoms with Gasteiger partial charge >= 0.3 is 7.48 Å². The molecule has 0 aromatic heterocycles. The zero-order valence-corrected chi connectivity index (χ0v) is 11.2. The van der Waals surface area contributed by atoms with E-state index in [1.54, 1.807) is 14.6 Å². The third-order valence-corrected chi connectivity index (χ3v) is 3.09. The van der Waals surface area contributed by atoms with E-state index in [2.05, 4.69) is 12.1 Å². The number of nitrogens with two attached hydrogens (primary N) is 1. The number of ether oxygens (including phenoxy) is 2. The molecule has 1 aromatic carbocycles. The highest BCUT2D eigenvalue weighted by Gasteiger charge is 2.25. The first-order chi connectivity index (χ1) is 9.33. The molecule has 0 saturated carbocycles. The van der Waals surface area contributed by atoms with Gasteiger partial charge in [-0.1, -0.05) is 12.1 Å². The number of hydroxylamine groups is 2. The lowest BCUT2D eigenvalue weighted by Crippen LogP contribution is -2.52. The first-order valence-corrected chi connectivity index (χ1v) is 6.49. The van der Waals surface area contributed by atoms with Crippen molar-refractivity contribution in [2.24, 2.45) is 5.73 Å². The summed E-state index contributed by atoms with van der Waals surface area (Å²) in [6.07, 6.45) is 1.72. The van der Waals surface area contributed by atoms with E-state index < -0.39 is 0 Å². The van der Waals surface area contributed by atoms with E-state index in [4.69, 9.17) is 20.0 Å². The van der Waals surface area contributed by atoms with Crippen molar-refractivity contribution < 1.29 is 14.2 Å². The first-order valence-electron chi connectivity index (χ1n) is 6.49. The van der Waals surface area contributed by atoms with Gasteiger partial charge in [0, 0.05) is 26.1 Å². The number of methoxy groups -OCH3 is 1. The summed E-state index contributed by atoms with van der Waals surface area (Å²) in [4.78, 5) is 0. The van der Waals surface area contributed by atoms with Crippen molar-refractivity contribution in [1.82, 2.24) is 5.06 Å². The number of hydrogen-bond acceptors (Lipinski definition) is 5. The lowest BCUT2D eigenvalue weighted by Gasteiger charge is -2.36. The molecule has 6 heteroatoms. The van der Waals surface area contributed by atoms with Gasteiger partial charge in [0.05, 0.1) is 6.61 Å². The Morgan fingerprint density at radius 3 is 2.63 bits per heavy atom. The second kappa shape index (κ2) is 7.50. The van der Waals surface area contributed by atoms with Gasteiger partial charge in [-0.05, 0) is 24.1 Å². The van der Waals surface area contributed by atoms with Crippen LogP contribution < -0.4 is 10.5 Å². The van der Waals surface area contributed by atoms with Crippen molar-refractivity contribution in [2.75, 3.05) is 33.3 Å². The molecule has 2 rings (SSSR count). The van der Waals surface area contributed by atoms with Crippen LogP contribution in [-0.4, -0.2) is 51.9 Å². The second-order valence-corrected chi connectivity index (χ2v) is 4.45. The van der Waals surface area contributed by atoms with Crippen molar-refractivity contribution in [3.63, 3.8) is 0 Å². The van der Waals surface area contributed by atoms with Crippen LogP contribution in [0.3, 0.4) is 0 Å². The Balaban J connectivity index is 1.83. The molecule has 0 bridgehead atoms. The van der Waals surface area contributed by atoms with Gasteiger partial charge in [-0.15, -0.1) is 0 Å². The summed E-state index contributed by atoms with van der Waals surface area (Å²) in [5, 5.41) is 1.91. The van der Waals surface area contributed by atoms with Crippen molar-refractivity contribution >= 4 is 7.48 Å². The average Bonchev–Trinajstić information content (AvgIpc) is 2.38. The zero-order valence-electron chi connectivity index (χ0n) is 11.2. The summed E-state index contributed by atoms with van der Waals surface area (Å²) < 4.78 is 15.7. The third-order valence-electron chi connectivity index (χ3n) is 3.09. The van der Waals surface area contributed by atoms with E-state index in [9.17, 15) is 0 Å². The smallest absolute Gasteiger partial charge is 0.342 e. The molecule has 19 heavy (non-hydrogen) atoms. The van der Waals surface area contributed by atoms with E-state index in [0.29, 0.717) is 19.8 Å². The van der Waals surface area contributed by atoms with Gasteiger partial charge < -0.3 is 20.0 Å². The zero-order chi connectivity index (χ0) is 13.5. The molecule has 1 fully saturated rings. The Bertz CT molecular complexity index is 371. The lowest BCUT2D eigenvalue weighted by molar-refractivity contribution is -0.124. The predicted octanol–water partition coefficient (Wildman–Crippen LogP) is 0.406. The molecule has 0 amide bonds. The second-order valence-electron chi connectivity index (χ2n) is 4.45. The topological polar surface area (TPSA) is 57.0 Å². The standard InChI is InChI=1S/C13H20BN2O3/c1-17-6-7-18-13-4-2-11(3-5-13)8-12(9-15)16-10-14-19-16/h2-5,12H,6-10,15H2,1H3. The highest BCUT2D eigenvalue weighted by atomic mass is 16.7. The molecule has 0 spiro atoms. The number of hydrogen-bond donors (Lipinski definition) is 1. The highest BCUT2D eigenvalue weighted by Crippen LogP contribution is 2.16. The molecule has 1 heterocycles. The Labute approximate surface area is 114 Å². The molecule has 1 unspecified atom stereocenters. The van der Waals surface area contributed by atoms with Crippen LogP contribution in [0.5, 0.6) is 5.75 Å². The highest BCUT2D eigenvalue weighted by molar-refractivity contribution is 6.29. The summed E-state index contributed by atoms with van der Waals surface area (Å²) in [6, 6.07) is 8.30. The van der Waals surface area contributed by atoms with E-state index in [1.165, 1.54) is 5.56 Å². The summed E-state index contributed by atoms with van der Waals surface area (Å²) in [5.74, 6) is 0.860. The van der Waals surface area contributed by atoms with Gasteiger partial charge in [-0.2, -0.15) is 0 Å². The molecular formula is C13H20BN2O3. The minimum Gasteiger partial charge on any atom is -0.491 e. The van der Waals surface area contributed by atoms with Crippen molar-refractivity contribution in [3.05, 3.63) is 29.8 Å². The Morgan fingerprint density at radius 1 is 1.37 bits per heavy atom. The Hall–Kier alpha value is -1.08. The van der Waals surface area contributed by atoms with Crippen molar-refractivity contribution in [3.8, 4) is 5.75 Å². The molecule has 1 aliphatic heterocycles. The summed E-state index contributed by atoms with van der Waals surface area (Å²) in [5.41, 5.74) is 6.99. The van der Waals surface area contributed by atoms with Crippen LogP contribution >= 0.6 is 0 Å². The summed E-state index contributed by atoms with van der Waals surface area (Å²) >= 11 is 0. The average molecular weight is 263 g/mol. The molecule has 0 aliphatic carbocycles. The van der Waals surface area contributed by atoms with Crippen molar-refractivity contribution in [2.45, 2.75) is 12.5 Å². The quantitative estimate of drug-likeness (QED) is 0.543. The Kier molecular flexibility index (Phi) is 5.66. The van der Waals surface area contributed by atoms with Crippen LogP contribution in [0, 0.1) is 0 Å². The lowest BCUT2D eigenvalue weighted by atomic mass is 9.95. The van der Waals surface area contributed by atoms with E-state index in [1.807, 2.05) is 17.2 Å². The van der Waals surface area contributed by atoms with E-state index in [0.717, 1.165) is 18.6 Å². The van der Waals surface area contributed by atoms with Crippen LogP contribution in [0.1, 0.15) is 5.56 Å². The monoisotopic (exact) mass is 263 g/mol. The van der Waals surface area contributed by atoms with E-state index in [-0.39, 0.29) is 6.04 Å². The number of nitrogens with zero attached hydrogens (tertiary/aromatic N) is 1. The van der Waals surface area contributed by atoms with E-state index >= 15 is 0 Å². The van der Waals surface area contributed by atoms with Gasteiger partial charge in [0.2, 0.25) is 0 Å². The summed E-state index contributed by atoms with van der Waals surface area (Å²) in [6.45, 7) is 1.75. The third kappa shape index (κ3) is 4.21. The number of rotatable bonds is 8. The first kappa shape index (κ1) is 14.3. The van der Waals surface area contributed by atoms with Crippen LogP contribution in [0.25, 0.3) is 0 Å². The maximum atomic E-state index is 5.77. The largest absolute Gasteiger partial charge is 0.491 e. The predicted molar refractivity (Wildman–Crippen MR) is 73.9 cm³/mol. The minimum atomic E-state index is 0.227. The molecule has 103 valence electrons.